The molecule has 0 bridgehead atoms. The van der Waals surface area contributed by atoms with Crippen LogP contribution in [0.5, 0.6) is 0 Å². The van der Waals surface area contributed by atoms with Crippen molar-refractivity contribution >= 4 is 17.7 Å². The highest BCUT2D eigenvalue weighted by Gasteiger charge is 2.05. The molecule has 0 unspecified atom stereocenters. The molecule has 1 aromatic carbocycles. The summed E-state index contributed by atoms with van der Waals surface area (Å²) >= 11 is 1.72. The van der Waals surface area contributed by atoms with E-state index in [0.717, 1.165) is 30.1 Å². The number of halogens is 2. The first-order chi connectivity index (χ1) is 12.2. The molecule has 0 atom stereocenters. The molecule has 0 amide bonds. The van der Waals surface area contributed by atoms with Crippen LogP contribution in [-0.4, -0.2) is 37.6 Å². The lowest BCUT2D eigenvalue weighted by atomic mass is 10.1. The van der Waals surface area contributed by atoms with E-state index in [1.165, 1.54) is 6.07 Å². The number of hydrogen-bond acceptors (Lipinski definition) is 3. The second-order valence-corrected chi connectivity index (χ2v) is 6.38. The fourth-order valence-corrected chi connectivity index (χ4v) is 2.51. The van der Waals surface area contributed by atoms with Gasteiger partial charge in [-0.05, 0) is 48.6 Å². The Hall–Kier alpha value is -2.02. The molecule has 25 heavy (non-hydrogen) atoms. The Morgan fingerprint density at radius 3 is 2.68 bits per heavy atom. The van der Waals surface area contributed by atoms with Gasteiger partial charge in [-0.2, -0.15) is 11.8 Å². The predicted molar refractivity (Wildman–Crippen MR) is 99.2 cm³/mol. The van der Waals surface area contributed by atoms with Crippen molar-refractivity contribution in [3.05, 3.63) is 59.6 Å². The Labute approximate surface area is 151 Å². The number of nitrogens with one attached hydrogen (secondary N) is 2. The highest BCUT2D eigenvalue weighted by Crippen LogP contribution is 2.09. The Bertz CT molecular complexity index is 662. The molecule has 4 nitrogen and oxygen atoms in total. The van der Waals surface area contributed by atoms with Crippen LogP contribution in [0, 0.1) is 11.6 Å². The molecule has 0 aliphatic carbocycles. The van der Waals surface area contributed by atoms with E-state index in [2.05, 4.69) is 15.6 Å². The molecule has 0 saturated carbocycles. The number of benzene rings is 1. The fraction of sp³-hybridized carbons (Fsp3) is 0.389. The number of guanidine groups is 1. The third-order valence-electron chi connectivity index (χ3n) is 3.50. The van der Waals surface area contributed by atoms with Crippen LogP contribution in [0.2, 0.25) is 0 Å². The van der Waals surface area contributed by atoms with Crippen LogP contribution in [-0.2, 0) is 12.8 Å². The summed E-state index contributed by atoms with van der Waals surface area (Å²) in [6.45, 7) is 1.82. The van der Waals surface area contributed by atoms with Crippen molar-refractivity contribution in [1.29, 1.82) is 0 Å². The minimum absolute atomic E-state index is 0.353. The Morgan fingerprint density at radius 2 is 1.96 bits per heavy atom. The molecule has 2 aromatic rings. The van der Waals surface area contributed by atoms with Crippen LogP contribution in [0.3, 0.4) is 0 Å². The van der Waals surface area contributed by atoms with Crippen LogP contribution < -0.4 is 10.6 Å². The van der Waals surface area contributed by atoms with Crippen LogP contribution in [0.15, 0.2) is 46.0 Å². The van der Waals surface area contributed by atoms with E-state index >= 15 is 0 Å². The van der Waals surface area contributed by atoms with Crippen molar-refractivity contribution in [3.63, 3.8) is 0 Å². The average Bonchev–Trinajstić information content (AvgIpc) is 3.11. The normalized spacial score (nSPS) is 11.6. The Morgan fingerprint density at radius 1 is 1.16 bits per heavy atom. The third kappa shape index (κ3) is 7.17. The van der Waals surface area contributed by atoms with Crippen molar-refractivity contribution in [2.24, 2.45) is 4.99 Å². The van der Waals surface area contributed by atoms with Gasteiger partial charge >= 0.3 is 0 Å². The van der Waals surface area contributed by atoms with E-state index in [1.54, 1.807) is 18.0 Å². The fourth-order valence-electron chi connectivity index (χ4n) is 2.23. The third-order valence-corrected chi connectivity index (χ3v) is 4.09. The van der Waals surface area contributed by atoms with Crippen molar-refractivity contribution in [3.8, 4) is 0 Å². The van der Waals surface area contributed by atoms with Gasteiger partial charge in [-0.3, -0.25) is 4.99 Å². The molecule has 1 heterocycles. The molecule has 0 aliphatic heterocycles. The van der Waals surface area contributed by atoms with E-state index in [4.69, 9.17) is 4.42 Å². The van der Waals surface area contributed by atoms with Gasteiger partial charge in [-0.1, -0.05) is 0 Å². The summed E-state index contributed by atoms with van der Waals surface area (Å²) in [5.74, 6) is 1.66. The molecule has 0 fully saturated rings. The number of nitrogens with zero attached hydrogens (tertiary/aromatic N) is 1. The lowest BCUT2D eigenvalue weighted by Crippen LogP contribution is -2.39. The van der Waals surface area contributed by atoms with E-state index in [9.17, 15) is 8.78 Å². The summed E-state index contributed by atoms with van der Waals surface area (Å²) in [4.78, 5) is 4.48. The monoisotopic (exact) mass is 367 g/mol. The summed E-state index contributed by atoms with van der Waals surface area (Å²) in [6, 6.07) is 7.28. The molecule has 0 aliphatic rings. The predicted octanol–water partition coefficient (Wildman–Crippen LogP) is 3.24. The number of furan rings is 1. The zero-order valence-electron chi connectivity index (χ0n) is 14.2. The largest absolute Gasteiger partial charge is 0.469 e. The smallest absolute Gasteiger partial charge is 0.191 e. The SMILES string of the molecule is CSCCN=C(NCCc1ccco1)NCCc1cc(F)ccc1F. The Balaban J connectivity index is 1.82. The van der Waals surface area contributed by atoms with Gasteiger partial charge in [-0.15, -0.1) is 0 Å². The molecule has 0 saturated heterocycles. The molecule has 2 rings (SSSR count). The van der Waals surface area contributed by atoms with Crippen LogP contribution in [0.4, 0.5) is 8.78 Å². The summed E-state index contributed by atoms with van der Waals surface area (Å²) in [5.41, 5.74) is 0.353. The number of hydrogen-bond donors (Lipinski definition) is 2. The lowest BCUT2D eigenvalue weighted by Gasteiger charge is -2.12. The van der Waals surface area contributed by atoms with Crippen molar-refractivity contribution in [1.82, 2.24) is 10.6 Å². The van der Waals surface area contributed by atoms with E-state index < -0.39 is 11.6 Å². The average molecular weight is 367 g/mol. The first-order valence-electron chi connectivity index (χ1n) is 8.16. The quantitative estimate of drug-likeness (QED) is 0.406. The minimum atomic E-state index is -0.429. The zero-order chi connectivity index (χ0) is 17.9. The molecule has 2 N–H and O–H groups in total. The maximum atomic E-state index is 13.6. The van der Waals surface area contributed by atoms with Gasteiger partial charge in [0.2, 0.25) is 0 Å². The van der Waals surface area contributed by atoms with Gasteiger partial charge in [0.05, 0.1) is 12.8 Å². The van der Waals surface area contributed by atoms with Crippen molar-refractivity contribution in [2.45, 2.75) is 12.8 Å². The molecule has 0 spiro atoms. The van der Waals surface area contributed by atoms with Crippen LogP contribution in [0.1, 0.15) is 11.3 Å². The summed E-state index contributed by atoms with van der Waals surface area (Å²) < 4.78 is 32.2. The summed E-state index contributed by atoms with van der Waals surface area (Å²) in [5, 5.41) is 6.39. The lowest BCUT2D eigenvalue weighted by molar-refractivity contribution is 0.506. The molecule has 136 valence electrons. The number of aliphatic imine (C=N–C) groups is 1. The van der Waals surface area contributed by atoms with E-state index in [-0.39, 0.29) is 0 Å². The number of thioether (sulfide) groups is 1. The maximum absolute atomic E-state index is 13.6. The summed E-state index contributed by atoms with van der Waals surface area (Å²) in [7, 11) is 0. The van der Waals surface area contributed by atoms with Crippen LogP contribution >= 0.6 is 11.8 Å². The van der Waals surface area contributed by atoms with Gasteiger partial charge in [0.15, 0.2) is 5.96 Å². The molecule has 7 heteroatoms. The second kappa shape index (κ2) is 10.8. The highest BCUT2D eigenvalue weighted by atomic mass is 32.2. The first kappa shape index (κ1) is 19.3. The van der Waals surface area contributed by atoms with Gasteiger partial charge in [0.1, 0.15) is 17.4 Å². The highest BCUT2D eigenvalue weighted by molar-refractivity contribution is 7.98. The van der Waals surface area contributed by atoms with Crippen LogP contribution in [0.25, 0.3) is 0 Å². The maximum Gasteiger partial charge on any atom is 0.191 e. The van der Waals surface area contributed by atoms with Gasteiger partial charge in [0, 0.05) is 25.3 Å². The summed E-state index contributed by atoms with van der Waals surface area (Å²) in [6.07, 6.45) is 4.80. The van der Waals surface area contributed by atoms with Crippen molar-refractivity contribution in [2.75, 3.05) is 31.6 Å². The number of rotatable bonds is 9. The standard InChI is InChI=1S/C18H23F2N3OS/c1-25-12-10-23-18(22-9-7-16-3-2-11-24-16)21-8-6-14-13-15(19)4-5-17(14)20/h2-5,11,13H,6-10,12H2,1H3,(H2,21,22,23). The molecular formula is C18H23F2N3OS. The van der Waals surface area contributed by atoms with Gasteiger partial charge < -0.3 is 15.1 Å². The second-order valence-electron chi connectivity index (χ2n) is 5.39. The molecule has 0 radical (unpaired) electrons. The van der Waals surface area contributed by atoms with Gasteiger partial charge in [0.25, 0.3) is 0 Å². The van der Waals surface area contributed by atoms with Gasteiger partial charge in [-0.25, -0.2) is 8.78 Å². The topological polar surface area (TPSA) is 49.6 Å². The first-order valence-corrected chi connectivity index (χ1v) is 9.56. The van der Waals surface area contributed by atoms with Crippen molar-refractivity contribution < 1.29 is 13.2 Å². The molecular weight excluding hydrogens is 344 g/mol. The van der Waals surface area contributed by atoms with E-state index in [1.807, 2.05) is 18.4 Å². The Kier molecular flexibility index (Phi) is 8.31. The van der Waals surface area contributed by atoms with E-state index in [0.29, 0.717) is 37.6 Å². The molecule has 1 aromatic heterocycles. The zero-order valence-corrected chi connectivity index (χ0v) is 15.0. The minimum Gasteiger partial charge on any atom is -0.469 e.